The Morgan fingerprint density at radius 3 is 2.62 bits per heavy atom. The highest BCUT2D eigenvalue weighted by Crippen LogP contribution is 2.19. The Balaban J connectivity index is 1.36. The normalized spacial score (nSPS) is 11.6. The van der Waals surface area contributed by atoms with Crippen LogP contribution in [0.1, 0.15) is 27.2 Å². The van der Waals surface area contributed by atoms with Crippen LogP contribution in [0, 0.1) is 0 Å². The van der Waals surface area contributed by atoms with Crippen LogP contribution >= 0.6 is 11.3 Å². The number of rotatable bonds is 10. The van der Waals surface area contributed by atoms with E-state index in [1.165, 1.54) is 11.3 Å². The van der Waals surface area contributed by atoms with Gasteiger partial charge in [0, 0.05) is 55.4 Å². The Labute approximate surface area is 200 Å². The summed E-state index contributed by atoms with van der Waals surface area (Å²) in [5, 5.41) is 11.3. The van der Waals surface area contributed by atoms with Gasteiger partial charge in [-0.1, -0.05) is 24.3 Å². The summed E-state index contributed by atoms with van der Waals surface area (Å²) in [7, 11) is 0. The number of hydrogen-bond donors (Lipinski definition) is 4. The Morgan fingerprint density at radius 1 is 1.00 bits per heavy atom. The summed E-state index contributed by atoms with van der Waals surface area (Å²) in [5.74, 6) is -0.810. The van der Waals surface area contributed by atoms with E-state index in [4.69, 9.17) is 0 Å². The molecule has 1 aromatic carbocycles. The number of nitrogens with zero attached hydrogens (tertiary/aromatic N) is 1. The maximum atomic E-state index is 13.0. The highest BCUT2D eigenvalue weighted by Gasteiger charge is 2.23. The molecule has 0 aliphatic carbocycles. The molecule has 4 aromatic rings. The molecule has 8 nitrogen and oxygen atoms in total. The largest absolute Gasteiger partial charge is 0.361 e. The van der Waals surface area contributed by atoms with Gasteiger partial charge in [0.1, 0.15) is 6.04 Å². The van der Waals surface area contributed by atoms with E-state index in [9.17, 15) is 14.4 Å². The van der Waals surface area contributed by atoms with Crippen LogP contribution in [0.5, 0.6) is 0 Å². The van der Waals surface area contributed by atoms with Gasteiger partial charge in [-0.3, -0.25) is 19.4 Å². The first-order valence-electron chi connectivity index (χ1n) is 10.9. The Morgan fingerprint density at radius 2 is 1.82 bits per heavy atom. The number of H-pyrrole nitrogens is 1. The number of aromatic nitrogens is 2. The molecule has 1 unspecified atom stereocenters. The zero-order valence-electron chi connectivity index (χ0n) is 18.4. The van der Waals surface area contributed by atoms with Gasteiger partial charge in [-0.25, -0.2) is 0 Å². The van der Waals surface area contributed by atoms with Crippen molar-refractivity contribution in [3.8, 4) is 0 Å². The molecule has 0 aliphatic heterocycles. The summed E-state index contributed by atoms with van der Waals surface area (Å²) in [4.78, 5) is 45.5. The molecule has 0 radical (unpaired) electrons. The third-order valence-electron chi connectivity index (χ3n) is 5.36. The predicted molar refractivity (Wildman–Crippen MR) is 131 cm³/mol. The quantitative estimate of drug-likeness (QED) is 0.282. The van der Waals surface area contributed by atoms with Crippen molar-refractivity contribution < 1.29 is 14.4 Å². The summed E-state index contributed by atoms with van der Waals surface area (Å²) >= 11 is 1.31. The Bertz CT molecular complexity index is 1250. The summed E-state index contributed by atoms with van der Waals surface area (Å²) in [5.41, 5.74) is 2.84. The highest BCUT2D eigenvalue weighted by molar-refractivity contribution is 7.12. The zero-order valence-corrected chi connectivity index (χ0v) is 19.2. The van der Waals surface area contributed by atoms with Crippen molar-refractivity contribution in [3.05, 3.63) is 88.5 Å². The van der Waals surface area contributed by atoms with Crippen LogP contribution in [0.2, 0.25) is 0 Å². The SMILES string of the molecule is O=C(CCNC(=O)C(Cc1c[nH]c2ccccc12)NC(=O)c1cccs1)NCc1ccncc1. The molecule has 4 rings (SSSR count). The van der Waals surface area contributed by atoms with Crippen LogP contribution in [-0.4, -0.2) is 40.3 Å². The topological polar surface area (TPSA) is 116 Å². The minimum absolute atomic E-state index is 0.134. The van der Waals surface area contributed by atoms with Gasteiger partial charge in [-0.15, -0.1) is 11.3 Å². The molecule has 0 spiro atoms. The lowest BCUT2D eigenvalue weighted by Crippen LogP contribution is -2.48. The second-order valence-electron chi connectivity index (χ2n) is 7.74. The molecule has 0 saturated heterocycles. The van der Waals surface area contributed by atoms with Crippen molar-refractivity contribution in [2.75, 3.05) is 6.54 Å². The average molecular weight is 476 g/mol. The van der Waals surface area contributed by atoms with Crippen LogP contribution in [0.4, 0.5) is 0 Å². The van der Waals surface area contributed by atoms with Crippen LogP contribution in [-0.2, 0) is 22.6 Å². The molecule has 0 saturated carbocycles. The van der Waals surface area contributed by atoms with Gasteiger partial charge in [0.15, 0.2) is 0 Å². The molecule has 3 amide bonds. The number of benzene rings is 1. The molecule has 4 N–H and O–H groups in total. The van der Waals surface area contributed by atoms with Gasteiger partial charge < -0.3 is 20.9 Å². The predicted octanol–water partition coefficient (Wildman–Crippen LogP) is 2.79. The number of carbonyl (C=O) groups excluding carboxylic acids is 3. The summed E-state index contributed by atoms with van der Waals surface area (Å²) in [6.07, 6.45) is 5.64. The fraction of sp³-hybridized carbons (Fsp3) is 0.200. The molecular weight excluding hydrogens is 450 g/mol. The summed E-state index contributed by atoms with van der Waals surface area (Å²) in [6, 6.07) is 14.2. The molecule has 9 heteroatoms. The molecule has 34 heavy (non-hydrogen) atoms. The fourth-order valence-corrected chi connectivity index (χ4v) is 4.21. The number of para-hydroxylation sites is 1. The van der Waals surface area contributed by atoms with E-state index in [0.717, 1.165) is 22.0 Å². The number of thiophene rings is 1. The van der Waals surface area contributed by atoms with E-state index in [0.29, 0.717) is 17.8 Å². The molecule has 0 aliphatic rings. The lowest BCUT2D eigenvalue weighted by Gasteiger charge is -2.18. The number of aromatic amines is 1. The first kappa shape index (κ1) is 23.2. The van der Waals surface area contributed by atoms with Crippen LogP contribution in [0.3, 0.4) is 0 Å². The second kappa shape index (κ2) is 11.2. The van der Waals surface area contributed by atoms with Crippen molar-refractivity contribution in [1.29, 1.82) is 0 Å². The van der Waals surface area contributed by atoms with Crippen molar-refractivity contribution in [2.24, 2.45) is 0 Å². The molecule has 0 bridgehead atoms. The molecule has 1 atom stereocenters. The van der Waals surface area contributed by atoms with Crippen LogP contribution < -0.4 is 16.0 Å². The van der Waals surface area contributed by atoms with Crippen molar-refractivity contribution >= 4 is 40.0 Å². The molecule has 174 valence electrons. The average Bonchev–Trinajstić information content (AvgIpc) is 3.54. The Kier molecular flexibility index (Phi) is 7.67. The third-order valence-corrected chi connectivity index (χ3v) is 6.22. The van der Waals surface area contributed by atoms with Crippen molar-refractivity contribution in [3.63, 3.8) is 0 Å². The van der Waals surface area contributed by atoms with Gasteiger partial charge in [0.05, 0.1) is 4.88 Å². The van der Waals surface area contributed by atoms with Gasteiger partial charge in [-0.2, -0.15) is 0 Å². The van der Waals surface area contributed by atoms with Gasteiger partial charge in [-0.05, 0) is 40.8 Å². The van der Waals surface area contributed by atoms with E-state index in [2.05, 4.69) is 25.9 Å². The molecule has 3 aromatic heterocycles. The van der Waals surface area contributed by atoms with Crippen LogP contribution in [0.15, 0.2) is 72.5 Å². The Hall–Kier alpha value is -3.98. The number of carbonyl (C=O) groups is 3. The van der Waals surface area contributed by atoms with Gasteiger partial charge >= 0.3 is 0 Å². The van der Waals surface area contributed by atoms with Crippen LogP contribution in [0.25, 0.3) is 10.9 Å². The maximum absolute atomic E-state index is 13.0. The number of nitrogens with one attached hydrogen (secondary N) is 4. The number of pyridine rings is 1. The number of amides is 3. The standard InChI is InChI=1S/C25H25N5O3S/c31-23(29-15-17-7-10-26-11-8-17)9-12-27-24(32)21(30-25(33)22-6-3-13-34-22)14-18-16-28-20-5-2-1-4-19(18)20/h1-8,10-11,13,16,21,28H,9,12,14-15H2,(H,27,32)(H,29,31)(H,30,33). The maximum Gasteiger partial charge on any atom is 0.262 e. The molecule has 0 fully saturated rings. The van der Waals surface area contributed by atoms with Crippen molar-refractivity contribution in [1.82, 2.24) is 25.9 Å². The zero-order chi connectivity index (χ0) is 23.8. The minimum atomic E-state index is -0.784. The van der Waals surface area contributed by atoms with E-state index >= 15 is 0 Å². The van der Waals surface area contributed by atoms with Crippen molar-refractivity contribution in [2.45, 2.75) is 25.4 Å². The van der Waals surface area contributed by atoms with E-state index in [-0.39, 0.29) is 30.7 Å². The summed E-state index contributed by atoms with van der Waals surface area (Å²) < 4.78 is 0. The van der Waals surface area contributed by atoms with Gasteiger partial charge in [0.25, 0.3) is 5.91 Å². The first-order chi connectivity index (χ1) is 16.6. The second-order valence-corrected chi connectivity index (χ2v) is 8.69. The lowest BCUT2D eigenvalue weighted by atomic mass is 10.0. The lowest BCUT2D eigenvalue weighted by molar-refractivity contribution is -0.123. The molecular formula is C25H25N5O3S. The van der Waals surface area contributed by atoms with E-state index in [1.54, 1.807) is 24.5 Å². The van der Waals surface area contributed by atoms with E-state index < -0.39 is 6.04 Å². The molecule has 3 heterocycles. The highest BCUT2D eigenvalue weighted by atomic mass is 32.1. The number of hydrogen-bond acceptors (Lipinski definition) is 5. The first-order valence-corrected chi connectivity index (χ1v) is 11.8. The number of fused-ring (bicyclic) bond motifs is 1. The third kappa shape index (κ3) is 6.08. The smallest absolute Gasteiger partial charge is 0.262 e. The summed E-state index contributed by atoms with van der Waals surface area (Å²) in [6.45, 7) is 0.565. The minimum Gasteiger partial charge on any atom is -0.361 e. The monoisotopic (exact) mass is 475 g/mol. The van der Waals surface area contributed by atoms with Gasteiger partial charge in [0.2, 0.25) is 11.8 Å². The fourth-order valence-electron chi connectivity index (χ4n) is 3.58. The van der Waals surface area contributed by atoms with E-state index in [1.807, 2.05) is 48.0 Å².